The highest BCUT2D eigenvalue weighted by Gasteiger charge is 2.23. The summed E-state index contributed by atoms with van der Waals surface area (Å²) in [5.41, 5.74) is 6.61. The van der Waals surface area contributed by atoms with E-state index in [1.165, 1.54) is 63.1 Å². The molecule has 0 aromatic carbocycles. The molecule has 0 bridgehead atoms. The number of hydrogen-bond acceptors (Lipinski definition) is 5. The number of ether oxygens (including phenoxy) is 1. The first-order chi connectivity index (χ1) is 10.3. The predicted octanol–water partition coefficient (Wildman–Crippen LogP) is 3.29. The molecule has 1 saturated heterocycles. The third-order valence-corrected chi connectivity index (χ3v) is 5.53. The zero-order valence-electron chi connectivity index (χ0n) is 12.8. The Morgan fingerprint density at radius 3 is 2.62 bits per heavy atom. The molecule has 2 N–H and O–H groups in total. The molecule has 1 aliphatic carbocycles. The van der Waals surface area contributed by atoms with Crippen molar-refractivity contribution in [2.75, 3.05) is 25.4 Å². The van der Waals surface area contributed by atoms with Crippen LogP contribution in [0.4, 0.5) is 5.13 Å². The van der Waals surface area contributed by atoms with Crippen LogP contribution >= 0.6 is 11.3 Å². The first-order valence-corrected chi connectivity index (χ1v) is 9.21. The predicted molar refractivity (Wildman–Crippen MR) is 87.4 cm³/mol. The molecular weight excluding hydrogens is 282 g/mol. The topological polar surface area (TPSA) is 51.4 Å². The fraction of sp³-hybridized carbons (Fsp3) is 0.812. The first-order valence-electron chi connectivity index (χ1n) is 8.33. The van der Waals surface area contributed by atoms with Crippen LogP contribution in [0.5, 0.6) is 0 Å². The Balaban J connectivity index is 1.34. The summed E-state index contributed by atoms with van der Waals surface area (Å²) < 4.78 is 5.98. The number of anilines is 1. The van der Waals surface area contributed by atoms with Gasteiger partial charge in [0.05, 0.1) is 18.4 Å². The zero-order chi connectivity index (χ0) is 14.5. The van der Waals surface area contributed by atoms with Crippen molar-refractivity contribution in [3.8, 4) is 0 Å². The Bertz CT molecular complexity index is 423. The molecule has 2 heterocycles. The number of nitrogens with two attached hydrogens (primary N) is 1. The Labute approximate surface area is 131 Å². The average molecular weight is 309 g/mol. The summed E-state index contributed by atoms with van der Waals surface area (Å²) in [6.45, 7) is 4.32. The normalized spacial score (nSPS) is 22.7. The summed E-state index contributed by atoms with van der Waals surface area (Å²) in [6.07, 6.45) is 9.95. The Hall–Kier alpha value is -0.650. The van der Waals surface area contributed by atoms with Crippen molar-refractivity contribution in [2.45, 2.75) is 57.7 Å². The average Bonchev–Trinajstić information content (AvgIpc) is 2.93. The van der Waals surface area contributed by atoms with E-state index in [4.69, 9.17) is 10.5 Å². The molecular formula is C16H27N3OS. The molecule has 1 saturated carbocycles. The van der Waals surface area contributed by atoms with Gasteiger partial charge in [-0.15, -0.1) is 11.3 Å². The Morgan fingerprint density at radius 2 is 1.95 bits per heavy atom. The van der Waals surface area contributed by atoms with E-state index in [9.17, 15) is 0 Å². The van der Waals surface area contributed by atoms with Gasteiger partial charge < -0.3 is 15.4 Å². The molecule has 21 heavy (non-hydrogen) atoms. The van der Waals surface area contributed by atoms with Gasteiger partial charge in [0.15, 0.2) is 5.13 Å². The Morgan fingerprint density at radius 1 is 1.19 bits per heavy atom. The minimum atomic E-state index is 0.399. The number of aromatic nitrogens is 1. The second-order valence-corrected chi connectivity index (χ2v) is 7.38. The Kier molecular flexibility index (Phi) is 5.49. The van der Waals surface area contributed by atoms with E-state index >= 15 is 0 Å². The summed E-state index contributed by atoms with van der Waals surface area (Å²) in [4.78, 5) is 6.90. The largest absolute Gasteiger partial charge is 0.375 e. The monoisotopic (exact) mass is 309 g/mol. The van der Waals surface area contributed by atoms with Gasteiger partial charge in [-0.05, 0) is 31.6 Å². The maximum absolute atomic E-state index is 5.98. The molecule has 3 rings (SSSR count). The van der Waals surface area contributed by atoms with Gasteiger partial charge in [-0.25, -0.2) is 4.98 Å². The molecule has 2 aliphatic rings. The van der Waals surface area contributed by atoms with Gasteiger partial charge in [0.25, 0.3) is 0 Å². The highest BCUT2D eigenvalue weighted by atomic mass is 32.1. The van der Waals surface area contributed by atoms with Crippen LogP contribution < -0.4 is 5.73 Å². The molecule has 5 heteroatoms. The fourth-order valence-electron chi connectivity index (χ4n) is 3.59. The third kappa shape index (κ3) is 4.66. The molecule has 118 valence electrons. The van der Waals surface area contributed by atoms with Crippen molar-refractivity contribution in [1.82, 2.24) is 9.88 Å². The van der Waals surface area contributed by atoms with E-state index in [0.717, 1.165) is 24.5 Å². The molecule has 4 nitrogen and oxygen atoms in total. The summed E-state index contributed by atoms with van der Waals surface area (Å²) in [7, 11) is 0. The van der Waals surface area contributed by atoms with E-state index in [1.54, 1.807) is 0 Å². The lowest BCUT2D eigenvalue weighted by atomic mass is 9.88. The molecule has 0 radical (unpaired) electrons. The van der Waals surface area contributed by atoms with Crippen LogP contribution in [0.2, 0.25) is 0 Å². The number of likely N-dealkylation sites (tertiary alicyclic amines) is 1. The van der Waals surface area contributed by atoms with E-state index in [2.05, 4.69) is 9.88 Å². The van der Waals surface area contributed by atoms with Gasteiger partial charge in [-0.1, -0.05) is 19.3 Å². The molecule has 0 spiro atoms. The van der Waals surface area contributed by atoms with Crippen molar-refractivity contribution in [2.24, 2.45) is 5.92 Å². The number of hydrogen-bond donors (Lipinski definition) is 1. The van der Waals surface area contributed by atoms with Crippen molar-refractivity contribution in [3.05, 3.63) is 11.1 Å². The minimum absolute atomic E-state index is 0.399. The number of rotatable bonds is 5. The van der Waals surface area contributed by atoms with E-state index in [-0.39, 0.29) is 0 Å². The molecule has 1 aromatic heterocycles. The van der Waals surface area contributed by atoms with Gasteiger partial charge in [0, 0.05) is 25.0 Å². The van der Waals surface area contributed by atoms with Gasteiger partial charge >= 0.3 is 0 Å². The molecule has 0 unspecified atom stereocenters. The highest BCUT2D eigenvalue weighted by Crippen LogP contribution is 2.26. The van der Waals surface area contributed by atoms with E-state index in [0.29, 0.717) is 17.8 Å². The standard InChI is InChI=1S/C16H27N3OS/c17-16-18-14(12-21-16)11-20-15-6-8-19(9-7-15)10-13-4-2-1-3-5-13/h12-13,15H,1-11H2,(H2,17,18). The van der Waals surface area contributed by atoms with Crippen molar-refractivity contribution in [1.29, 1.82) is 0 Å². The van der Waals surface area contributed by atoms with E-state index < -0.39 is 0 Å². The lowest BCUT2D eigenvalue weighted by Gasteiger charge is -2.35. The van der Waals surface area contributed by atoms with Crippen LogP contribution in [-0.2, 0) is 11.3 Å². The molecule has 1 aromatic rings. The van der Waals surface area contributed by atoms with Gasteiger partial charge in [0.2, 0.25) is 0 Å². The van der Waals surface area contributed by atoms with Crippen molar-refractivity contribution in [3.63, 3.8) is 0 Å². The number of nitrogen functional groups attached to an aromatic ring is 1. The van der Waals surface area contributed by atoms with Crippen LogP contribution in [0.15, 0.2) is 5.38 Å². The van der Waals surface area contributed by atoms with E-state index in [1.807, 2.05) is 5.38 Å². The van der Waals surface area contributed by atoms with Gasteiger partial charge in [-0.2, -0.15) is 0 Å². The highest BCUT2D eigenvalue weighted by molar-refractivity contribution is 7.13. The number of thiazole rings is 1. The fourth-order valence-corrected chi connectivity index (χ4v) is 4.13. The second-order valence-electron chi connectivity index (χ2n) is 6.49. The molecule has 0 amide bonds. The van der Waals surface area contributed by atoms with Crippen molar-refractivity contribution < 1.29 is 4.74 Å². The lowest BCUT2D eigenvalue weighted by Crippen LogP contribution is -2.40. The number of piperidine rings is 1. The maximum atomic E-state index is 5.98. The van der Waals surface area contributed by atoms with Crippen LogP contribution in [-0.4, -0.2) is 35.6 Å². The smallest absolute Gasteiger partial charge is 0.180 e. The van der Waals surface area contributed by atoms with Crippen molar-refractivity contribution >= 4 is 16.5 Å². The molecule has 0 atom stereocenters. The van der Waals surface area contributed by atoms with Crippen LogP contribution in [0, 0.1) is 5.92 Å². The molecule has 2 fully saturated rings. The SMILES string of the molecule is Nc1nc(COC2CCN(CC3CCCCC3)CC2)cs1. The second kappa shape index (κ2) is 7.56. The zero-order valence-corrected chi connectivity index (χ0v) is 13.6. The summed E-state index contributed by atoms with van der Waals surface area (Å²) >= 11 is 1.49. The number of nitrogens with zero attached hydrogens (tertiary/aromatic N) is 2. The molecule has 1 aliphatic heterocycles. The van der Waals surface area contributed by atoms with Crippen LogP contribution in [0.25, 0.3) is 0 Å². The van der Waals surface area contributed by atoms with Gasteiger partial charge in [0.1, 0.15) is 0 Å². The van der Waals surface area contributed by atoms with Crippen LogP contribution in [0.3, 0.4) is 0 Å². The summed E-state index contributed by atoms with van der Waals surface area (Å²) in [5, 5.41) is 2.63. The van der Waals surface area contributed by atoms with Gasteiger partial charge in [-0.3, -0.25) is 0 Å². The summed E-state index contributed by atoms with van der Waals surface area (Å²) in [6, 6.07) is 0. The lowest BCUT2D eigenvalue weighted by molar-refractivity contribution is -0.00702. The summed E-state index contributed by atoms with van der Waals surface area (Å²) in [5.74, 6) is 0.953. The van der Waals surface area contributed by atoms with Crippen LogP contribution in [0.1, 0.15) is 50.6 Å². The minimum Gasteiger partial charge on any atom is -0.375 e. The third-order valence-electron chi connectivity index (χ3n) is 4.81. The maximum Gasteiger partial charge on any atom is 0.180 e. The first kappa shape index (κ1) is 15.3. The quantitative estimate of drug-likeness (QED) is 0.907.